The lowest BCUT2D eigenvalue weighted by atomic mass is 10.2. The SMILES string of the molecule is C.O=C(O)C1CSC23NCN2CN13.O=C(O)C1CSC23SCCN2CN13. The maximum atomic E-state index is 10.9. The largest absolute Gasteiger partial charge is 0.480 e. The van der Waals surface area contributed by atoms with Gasteiger partial charge in [0.1, 0.15) is 12.1 Å². The number of aliphatic carboxylic acids is 2. The molecule has 4 atom stereocenters. The molecule has 0 radical (unpaired) electrons. The van der Waals surface area contributed by atoms with Crippen LogP contribution in [0.5, 0.6) is 0 Å². The lowest BCUT2D eigenvalue weighted by Crippen LogP contribution is -2.87. The van der Waals surface area contributed by atoms with E-state index in [0.717, 1.165) is 38.1 Å². The number of nitrogens with one attached hydrogen (secondary N) is 1. The molecule has 6 fully saturated rings. The van der Waals surface area contributed by atoms with Gasteiger partial charge in [0, 0.05) is 23.8 Å². The minimum Gasteiger partial charge on any atom is -0.480 e. The summed E-state index contributed by atoms with van der Waals surface area (Å²) in [6, 6.07) is -0.550. The number of thioether (sulfide) groups is 3. The molecule has 26 heavy (non-hydrogen) atoms. The Morgan fingerprint density at radius 2 is 1.62 bits per heavy atom. The average Bonchev–Trinajstić information content (AvgIpc) is 3.18. The van der Waals surface area contributed by atoms with Crippen LogP contribution in [0.25, 0.3) is 0 Å². The van der Waals surface area contributed by atoms with Gasteiger partial charge < -0.3 is 10.2 Å². The molecule has 0 amide bonds. The molecule has 0 aromatic carbocycles. The van der Waals surface area contributed by atoms with Crippen LogP contribution < -0.4 is 5.32 Å². The van der Waals surface area contributed by atoms with Crippen molar-refractivity contribution in [3.63, 3.8) is 0 Å². The number of hydrogen-bond acceptors (Lipinski definition) is 10. The molecule has 6 saturated heterocycles. The summed E-state index contributed by atoms with van der Waals surface area (Å²) < 4.78 is 0.0169. The van der Waals surface area contributed by atoms with E-state index in [1.807, 2.05) is 16.7 Å². The van der Waals surface area contributed by atoms with Gasteiger partial charge in [-0.2, -0.15) is 0 Å². The molecule has 0 aromatic heterocycles. The van der Waals surface area contributed by atoms with Gasteiger partial charge >= 0.3 is 11.9 Å². The number of carboxylic acid groups (broad SMARTS) is 2. The Balaban J connectivity index is 0.000000125. The third-order valence-corrected chi connectivity index (χ3v) is 10.4. The third-order valence-electron chi connectivity index (χ3n) is 5.57. The Kier molecular flexibility index (Phi) is 4.71. The van der Waals surface area contributed by atoms with Gasteiger partial charge in [0.15, 0.2) is 9.45 Å². The van der Waals surface area contributed by atoms with E-state index < -0.39 is 11.9 Å². The van der Waals surface area contributed by atoms with Crippen molar-refractivity contribution in [3.8, 4) is 0 Å². The molecule has 2 spiro atoms. The zero-order chi connectivity index (χ0) is 17.4. The van der Waals surface area contributed by atoms with Gasteiger partial charge in [-0.3, -0.25) is 19.8 Å². The van der Waals surface area contributed by atoms with Crippen molar-refractivity contribution in [1.29, 1.82) is 0 Å². The number of hydrogen-bond donors (Lipinski definition) is 3. The van der Waals surface area contributed by atoms with E-state index in [-0.39, 0.29) is 29.0 Å². The van der Waals surface area contributed by atoms with E-state index >= 15 is 0 Å². The summed E-state index contributed by atoms with van der Waals surface area (Å²) in [7, 11) is 0. The Bertz CT molecular complexity index is 644. The molecule has 4 unspecified atom stereocenters. The van der Waals surface area contributed by atoms with Crippen LogP contribution in [0.15, 0.2) is 0 Å². The highest BCUT2D eigenvalue weighted by molar-refractivity contribution is 8.18. The van der Waals surface area contributed by atoms with E-state index in [2.05, 4.69) is 20.0 Å². The highest BCUT2D eigenvalue weighted by Crippen LogP contribution is 2.58. The molecule has 3 N–H and O–H groups in total. The van der Waals surface area contributed by atoms with Crippen LogP contribution in [-0.2, 0) is 9.59 Å². The Morgan fingerprint density at radius 3 is 2.15 bits per heavy atom. The standard InChI is InChI=1S/C7H10N2O2S2.C6H9N3O2S.CH4/c10-6(11)5-3-13-7-8(1-2-12-7)4-9(5)7;10-5(11)4-1-12-6-7-2-8(6)3-9(4)6;/h5H,1-4H2,(H,10,11);4,7H,1-3H2,(H,10,11);1H4. The van der Waals surface area contributed by atoms with E-state index in [0.29, 0.717) is 5.75 Å². The van der Waals surface area contributed by atoms with Crippen LogP contribution in [0.4, 0.5) is 0 Å². The molecule has 0 aromatic rings. The second kappa shape index (κ2) is 6.41. The van der Waals surface area contributed by atoms with Crippen molar-refractivity contribution < 1.29 is 19.8 Å². The number of rotatable bonds is 2. The minimum atomic E-state index is -0.701. The lowest BCUT2D eigenvalue weighted by molar-refractivity contribution is -0.233. The van der Waals surface area contributed by atoms with Crippen molar-refractivity contribution >= 4 is 47.2 Å². The van der Waals surface area contributed by atoms with Crippen molar-refractivity contribution in [2.24, 2.45) is 0 Å². The first kappa shape index (κ1) is 19.1. The second-order valence-electron chi connectivity index (χ2n) is 6.70. The molecule has 0 aliphatic carbocycles. The van der Waals surface area contributed by atoms with Crippen LogP contribution in [0.1, 0.15) is 7.43 Å². The first-order valence-corrected chi connectivity index (χ1v) is 11.1. The number of carboxylic acids is 2. The zero-order valence-corrected chi connectivity index (χ0v) is 15.8. The Hall–Kier alpha value is -0.210. The summed E-state index contributed by atoms with van der Waals surface area (Å²) in [4.78, 5) is 30.4. The summed E-state index contributed by atoms with van der Waals surface area (Å²) in [6.07, 6.45) is 0. The van der Waals surface area contributed by atoms with Gasteiger partial charge in [0.05, 0.1) is 20.0 Å². The topological polar surface area (TPSA) is 99.6 Å². The summed E-state index contributed by atoms with van der Waals surface area (Å²) in [5, 5.41) is 21.0. The lowest BCUT2D eigenvalue weighted by Gasteiger charge is -2.64. The first-order chi connectivity index (χ1) is 12.0. The highest BCUT2D eigenvalue weighted by Gasteiger charge is 2.66. The summed E-state index contributed by atoms with van der Waals surface area (Å²) >= 11 is 5.35. The smallest absolute Gasteiger partial charge is 0.321 e. The van der Waals surface area contributed by atoms with Gasteiger partial charge in [-0.05, 0) is 0 Å². The van der Waals surface area contributed by atoms with Crippen LogP contribution in [0.3, 0.4) is 0 Å². The summed E-state index contributed by atoms with van der Waals surface area (Å²) in [5.74, 6) is 1.19. The Morgan fingerprint density at radius 1 is 0.962 bits per heavy atom. The third kappa shape index (κ3) is 2.33. The number of carbonyl (C=O) groups is 2. The predicted molar refractivity (Wildman–Crippen MR) is 102 cm³/mol. The van der Waals surface area contributed by atoms with Crippen molar-refractivity contribution in [2.45, 2.75) is 29.0 Å². The molecule has 6 rings (SSSR count). The second-order valence-corrected chi connectivity index (χ2v) is 10.6. The molecule has 0 saturated carbocycles. The van der Waals surface area contributed by atoms with Gasteiger partial charge in [-0.25, -0.2) is 14.7 Å². The fourth-order valence-corrected chi connectivity index (χ4v) is 9.08. The molecular weight excluding hydrogens is 398 g/mol. The predicted octanol–water partition coefficient (Wildman–Crippen LogP) is -0.311. The zero-order valence-electron chi connectivity index (χ0n) is 13.3. The van der Waals surface area contributed by atoms with Crippen LogP contribution in [-0.4, -0.2) is 107 Å². The maximum absolute atomic E-state index is 10.9. The van der Waals surface area contributed by atoms with Crippen LogP contribution in [0.2, 0.25) is 0 Å². The maximum Gasteiger partial charge on any atom is 0.321 e. The normalized spacial score (nSPS) is 43.2. The molecule has 9 nitrogen and oxygen atoms in total. The molecule has 146 valence electrons. The average molecular weight is 422 g/mol. The number of nitrogens with zero attached hydrogens (tertiary/aromatic N) is 4. The van der Waals surface area contributed by atoms with Crippen LogP contribution >= 0.6 is 35.3 Å². The van der Waals surface area contributed by atoms with Gasteiger partial charge in [-0.15, -0.1) is 35.3 Å². The molecule has 6 heterocycles. The molecule has 0 bridgehead atoms. The van der Waals surface area contributed by atoms with E-state index in [9.17, 15) is 9.59 Å². The molecule has 12 heteroatoms. The molecule has 6 aliphatic rings. The molecular formula is C14H23N5O4S3. The molecule has 6 aliphatic heterocycles. The quantitative estimate of drug-likeness (QED) is 0.545. The van der Waals surface area contributed by atoms with Crippen LogP contribution in [0, 0.1) is 0 Å². The minimum absolute atomic E-state index is 0. The van der Waals surface area contributed by atoms with Crippen molar-refractivity contribution in [1.82, 2.24) is 24.9 Å². The van der Waals surface area contributed by atoms with E-state index in [1.54, 1.807) is 23.5 Å². The first-order valence-electron chi connectivity index (χ1n) is 8.14. The van der Waals surface area contributed by atoms with Crippen molar-refractivity contribution in [2.75, 3.05) is 43.8 Å². The van der Waals surface area contributed by atoms with Gasteiger partial charge in [-0.1, -0.05) is 7.43 Å². The summed E-state index contributed by atoms with van der Waals surface area (Å²) in [5.41, 5.74) is 0. The fraction of sp³-hybridized carbons (Fsp3) is 0.857. The summed E-state index contributed by atoms with van der Waals surface area (Å²) in [6.45, 7) is 3.66. The monoisotopic (exact) mass is 421 g/mol. The van der Waals surface area contributed by atoms with Gasteiger partial charge in [0.25, 0.3) is 0 Å². The Labute approximate surface area is 164 Å². The van der Waals surface area contributed by atoms with Gasteiger partial charge in [0.2, 0.25) is 0 Å². The highest BCUT2D eigenvalue weighted by atomic mass is 32.2. The van der Waals surface area contributed by atoms with E-state index in [1.165, 1.54) is 0 Å². The fourth-order valence-electron chi connectivity index (χ4n) is 4.12. The van der Waals surface area contributed by atoms with E-state index in [4.69, 9.17) is 10.2 Å². The van der Waals surface area contributed by atoms with Crippen molar-refractivity contribution in [3.05, 3.63) is 0 Å².